The zero-order valence-electron chi connectivity index (χ0n) is 16.5. The summed E-state index contributed by atoms with van der Waals surface area (Å²) in [4.78, 5) is 16.7. The van der Waals surface area contributed by atoms with E-state index < -0.39 is 11.3 Å². The van der Waals surface area contributed by atoms with E-state index in [9.17, 15) is 4.79 Å². The lowest BCUT2D eigenvalue weighted by Crippen LogP contribution is -2.42. The van der Waals surface area contributed by atoms with Crippen LogP contribution >= 0.6 is 0 Å². The van der Waals surface area contributed by atoms with E-state index in [4.69, 9.17) is 20.8 Å². The monoisotopic (exact) mass is 382 g/mol. The third-order valence-electron chi connectivity index (χ3n) is 6.32. The number of aryl methyl sites for hydroxylation is 2. The number of aromatic nitrogens is 1. The normalized spacial score (nSPS) is 20.3. The molecule has 2 heterocycles. The fourth-order valence-corrected chi connectivity index (χ4v) is 4.51. The van der Waals surface area contributed by atoms with Crippen molar-refractivity contribution in [3.05, 3.63) is 51.6 Å². The molecule has 28 heavy (non-hydrogen) atoms. The summed E-state index contributed by atoms with van der Waals surface area (Å²) in [5, 5.41) is 1.03. The highest BCUT2D eigenvalue weighted by Gasteiger charge is 2.49. The highest BCUT2D eigenvalue weighted by molar-refractivity contribution is 5.83. The average Bonchev–Trinajstić information content (AvgIpc) is 3.17. The van der Waals surface area contributed by atoms with Crippen molar-refractivity contribution in [3.8, 4) is 5.75 Å². The van der Waals surface area contributed by atoms with Crippen LogP contribution in [-0.4, -0.2) is 36.2 Å². The number of pyridine rings is 1. The molecule has 6 heteroatoms. The van der Waals surface area contributed by atoms with Crippen molar-refractivity contribution in [2.24, 2.45) is 0 Å². The maximum Gasteiger partial charge on any atom is 0.251 e. The molecule has 1 saturated carbocycles. The van der Waals surface area contributed by atoms with Gasteiger partial charge in [0.1, 0.15) is 5.75 Å². The van der Waals surface area contributed by atoms with Gasteiger partial charge < -0.3 is 23.6 Å². The van der Waals surface area contributed by atoms with E-state index in [1.807, 2.05) is 25.1 Å². The molecule has 1 aliphatic carbocycles. The van der Waals surface area contributed by atoms with E-state index in [1.54, 1.807) is 17.7 Å². The molecule has 0 amide bonds. The third-order valence-corrected chi connectivity index (χ3v) is 6.32. The number of ether oxygens (including phenoxy) is 3. The first-order valence-corrected chi connectivity index (χ1v) is 9.85. The van der Waals surface area contributed by atoms with Gasteiger partial charge in [0, 0.05) is 56.2 Å². The van der Waals surface area contributed by atoms with Crippen LogP contribution in [0.2, 0.25) is 0 Å². The highest BCUT2D eigenvalue weighted by atomic mass is 16.7. The van der Waals surface area contributed by atoms with Crippen LogP contribution in [0.4, 0.5) is 0 Å². The summed E-state index contributed by atoms with van der Waals surface area (Å²) in [6.07, 6.45) is 3.60. The minimum absolute atomic E-state index is 0.0341. The largest absolute Gasteiger partial charge is 0.497 e. The first-order valence-electron chi connectivity index (χ1n) is 9.85. The Morgan fingerprint density at radius 3 is 2.54 bits per heavy atom. The Morgan fingerprint density at radius 2 is 1.89 bits per heavy atom. The zero-order valence-corrected chi connectivity index (χ0v) is 16.5. The Hall–Kier alpha value is -2.36. The van der Waals surface area contributed by atoms with Gasteiger partial charge in [0.15, 0.2) is 5.79 Å². The van der Waals surface area contributed by atoms with E-state index in [1.165, 1.54) is 0 Å². The molecule has 1 aromatic heterocycles. The quantitative estimate of drug-likeness (QED) is 0.757. The SMILES string of the molecule is [C-]#[N+]C1(CCn2c(=O)cc(C)c3ccc(OC)cc32)CCC2(CC1)OCCO2. The van der Waals surface area contributed by atoms with Crippen LogP contribution in [0.25, 0.3) is 15.7 Å². The van der Waals surface area contributed by atoms with Crippen molar-refractivity contribution in [2.45, 2.75) is 56.9 Å². The standard InChI is InChI=1S/C22H26N2O4/c1-16-14-20(25)24(19-15-17(26-3)4-5-18(16)19)11-10-21(23-2)6-8-22(9-7-21)27-12-13-28-22/h4-5,14-15H,6-13H2,1,3H3. The molecule has 4 rings (SSSR count). The van der Waals surface area contributed by atoms with E-state index in [2.05, 4.69) is 4.85 Å². The fourth-order valence-electron chi connectivity index (χ4n) is 4.51. The molecule has 2 aliphatic rings. The Balaban J connectivity index is 1.60. The van der Waals surface area contributed by atoms with Crippen molar-refractivity contribution >= 4 is 10.9 Å². The lowest BCUT2D eigenvalue weighted by Gasteiger charge is -2.37. The zero-order chi connectivity index (χ0) is 19.8. The van der Waals surface area contributed by atoms with Gasteiger partial charge in [-0.15, -0.1) is 0 Å². The van der Waals surface area contributed by atoms with E-state index in [-0.39, 0.29) is 5.56 Å². The minimum atomic E-state index is -0.477. The van der Waals surface area contributed by atoms with Crippen LogP contribution < -0.4 is 10.3 Å². The first-order chi connectivity index (χ1) is 13.5. The summed E-state index contributed by atoms with van der Waals surface area (Å²) < 4.78 is 18.7. The summed E-state index contributed by atoms with van der Waals surface area (Å²) in [6.45, 7) is 11.6. The van der Waals surface area contributed by atoms with Gasteiger partial charge in [0.05, 0.1) is 25.8 Å². The van der Waals surface area contributed by atoms with E-state index in [0.29, 0.717) is 26.2 Å². The van der Waals surface area contributed by atoms with E-state index in [0.717, 1.165) is 47.9 Å². The number of rotatable bonds is 4. The van der Waals surface area contributed by atoms with Crippen molar-refractivity contribution in [1.29, 1.82) is 0 Å². The van der Waals surface area contributed by atoms with Gasteiger partial charge in [-0.2, -0.15) is 0 Å². The van der Waals surface area contributed by atoms with Crippen molar-refractivity contribution in [2.75, 3.05) is 20.3 Å². The summed E-state index contributed by atoms with van der Waals surface area (Å²) >= 11 is 0. The van der Waals surface area contributed by atoms with Crippen LogP contribution in [0.1, 0.15) is 37.7 Å². The van der Waals surface area contributed by atoms with Gasteiger partial charge >= 0.3 is 0 Å². The second-order valence-electron chi connectivity index (χ2n) is 7.89. The van der Waals surface area contributed by atoms with Crippen molar-refractivity contribution < 1.29 is 14.2 Å². The van der Waals surface area contributed by atoms with Gasteiger partial charge in [0.25, 0.3) is 5.56 Å². The smallest absolute Gasteiger partial charge is 0.251 e. The van der Waals surface area contributed by atoms with Crippen LogP contribution in [0, 0.1) is 13.5 Å². The molecule has 1 spiro atoms. The van der Waals surface area contributed by atoms with Gasteiger partial charge in [-0.3, -0.25) is 4.79 Å². The Labute approximate surface area is 164 Å². The third kappa shape index (κ3) is 3.30. The Bertz CT molecular complexity index is 972. The molecule has 1 aliphatic heterocycles. The molecular formula is C22H26N2O4. The maximum absolute atomic E-state index is 12.7. The number of methoxy groups -OCH3 is 1. The number of nitrogens with zero attached hydrogens (tertiary/aromatic N) is 2. The summed E-state index contributed by atoms with van der Waals surface area (Å²) in [5.41, 5.74) is 1.32. The molecule has 2 fully saturated rings. The number of hydrogen-bond acceptors (Lipinski definition) is 4. The Kier molecular flexibility index (Phi) is 4.90. The second kappa shape index (κ2) is 7.23. The summed E-state index contributed by atoms with van der Waals surface area (Å²) in [7, 11) is 1.62. The number of benzene rings is 1. The van der Waals surface area contributed by atoms with Crippen LogP contribution in [-0.2, 0) is 16.0 Å². The summed E-state index contributed by atoms with van der Waals surface area (Å²) in [6, 6.07) is 7.48. The molecular weight excluding hydrogens is 356 g/mol. The van der Waals surface area contributed by atoms with E-state index >= 15 is 0 Å². The average molecular weight is 382 g/mol. The predicted molar refractivity (Wildman–Crippen MR) is 107 cm³/mol. The molecule has 148 valence electrons. The fraction of sp³-hybridized carbons (Fsp3) is 0.545. The minimum Gasteiger partial charge on any atom is -0.497 e. The number of fused-ring (bicyclic) bond motifs is 1. The molecule has 6 nitrogen and oxygen atoms in total. The molecule has 1 saturated heterocycles. The molecule has 1 aromatic carbocycles. The van der Waals surface area contributed by atoms with Crippen LogP contribution in [0.15, 0.2) is 29.1 Å². The molecule has 2 aromatic rings. The van der Waals surface area contributed by atoms with Gasteiger partial charge in [-0.1, -0.05) is 0 Å². The van der Waals surface area contributed by atoms with Crippen molar-refractivity contribution in [1.82, 2.24) is 4.57 Å². The van der Waals surface area contributed by atoms with Crippen LogP contribution in [0.3, 0.4) is 0 Å². The molecule has 0 radical (unpaired) electrons. The predicted octanol–water partition coefficient (Wildman–Crippen LogP) is 3.68. The van der Waals surface area contributed by atoms with Gasteiger partial charge in [-0.25, -0.2) is 6.57 Å². The number of hydrogen-bond donors (Lipinski definition) is 0. The lowest BCUT2D eigenvalue weighted by atomic mass is 9.77. The molecule has 0 bridgehead atoms. The van der Waals surface area contributed by atoms with Gasteiger partial charge in [0.2, 0.25) is 5.54 Å². The Morgan fingerprint density at radius 1 is 1.18 bits per heavy atom. The lowest BCUT2D eigenvalue weighted by molar-refractivity contribution is -0.182. The van der Waals surface area contributed by atoms with Gasteiger partial charge in [-0.05, 0) is 24.6 Å². The molecule has 0 N–H and O–H groups in total. The first kappa shape index (κ1) is 19.0. The molecule has 0 unspecified atom stereocenters. The molecule has 0 atom stereocenters. The topological polar surface area (TPSA) is 54.1 Å². The maximum atomic E-state index is 12.7. The van der Waals surface area contributed by atoms with Crippen LogP contribution in [0.5, 0.6) is 5.75 Å². The highest BCUT2D eigenvalue weighted by Crippen LogP contribution is 2.43. The summed E-state index contributed by atoms with van der Waals surface area (Å²) in [5.74, 6) is 0.246. The van der Waals surface area contributed by atoms with Crippen molar-refractivity contribution in [3.63, 3.8) is 0 Å². The second-order valence-corrected chi connectivity index (χ2v) is 7.89.